The first-order valence-electron chi connectivity index (χ1n) is 12.5. The second kappa shape index (κ2) is 12.1. The van der Waals surface area contributed by atoms with Crippen LogP contribution in [0.4, 0.5) is 10.8 Å². The average molecular weight is 554 g/mol. The Labute approximate surface area is 235 Å². The summed E-state index contributed by atoms with van der Waals surface area (Å²) in [6.45, 7) is 4.48. The summed E-state index contributed by atoms with van der Waals surface area (Å²) < 4.78 is 6.53. The number of amides is 2. The first-order chi connectivity index (χ1) is 19.0. The number of thiazole rings is 1. The third-order valence-corrected chi connectivity index (χ3v) is 8.05. The lowest BCUT2D eigenvalue weighted by Gasteiger charge is -2.17. The van der Waals surface area contributed by atoms with Gasteiger partial charge in [-0.25, -0.2) is 4.98 Å². The molecule has 2 amide bonds. The van der Waals surface area contributed by atoms with Crippen molar-refractivity contribution in [2.45, 2.75) is 24.0 Å². The van der Waals surface area contributed by atoms with Crippen LogP contribution in [-0.4, -0.2) is 23.4 Å². The van der Waals surface area contributed by atoms with E-state index in [9.17, 15) is 9.59 Å². The number of rotatable bonds is 9. The Morgan fingerprint density at radius 1 is 0.923 bits per heavy atom. The molecule has 8 heteroatoms. The molecule has 196 valence electrons. The zero-order valence-corrected chi connectivity index (χ0v) is 23.1. The van der Waals surface area contributed by atoms with Gasteiger partial charge < -0.3 is 15.4 Å². The highest BCUT2D eigenvalue weighted by atomic mass is 32.2. The number of carbonyl (C=O) groups is 2. The number of aromatic nitrogens is 1. The Bertz CT molecular complexity index is 1620. The maximum atomic E-state index is 13.6. The SMILES string of the molecule is CCOc1ccc2nc(NC(=O)C(Sc3cccc(NC(=O)c4cccc(C)c4)c3)c3ccccc3)sc2c1. The Hall–Kier alpha value is -4.14. The highest BCUT2D eigenvalue weighted by Gasteiger charge is 2.23. The fourth-order valence-electron chi connectivity index (χ4n) is 4.06. The molecule has 1 aromatic heterocycles. The summed E-state index contributed by atoms with van der Waals surface area (Å²) in [6, 6.07) is 30.3. The normalized spacial score (nSPS) is 11.6. The Morgan fingerprint density at radius 2 is 1.74 bits per heavy atom. The summed E-state index contributed by atoms with van der Waals surface area (Å²) in [5.41, 5.74) is 3.95. The molecule has 1 heterocycles. The van der Waals surface area contributed by atoms with Crippen LogP contribution in [0, 0.1) is 6.92 Å². The van der Waals surface area contributed by atoms with Gasteiger partial charge in [0.05, 0.1) is 16.8 Å². The second-order valence-corrected chi connectivity index (χ2v) is 11.0. The van der Waals surface area contributed by atoms with E-state index in [1.165, 1.54) is 23.1 Å². The minimum absolute atomic E-state index is 0.176. The number of fused-ring (bicyclic) bond motifs is 1. The number of hydrogen-bond donors (Lipinski definition) is 2. The Balaban J connectivity index is 1.35. The molecule has 5 rings (SSSR count). The van der Waals surface area contributed by atoms with Gasteiger partial charge in [0.25, 0.3) is 5.91 Å². The number of nitrogens with zero attached hydrogens (tertiary/aromatic N) is 1. The van der Waals surface area contributed by atoms with E-state index in [4.69, 9.17) is 4.74 Å². The molecule has 1 unspecified atom stereocenters. The van der Waals surface area contributed by atoms with Crippen molar-refractivity contribution < 1.29 is 14.3 Å². The van der Waals surface area contributed by atoms with Crippen LogP contribution in [0.15, 0.2) is 102 Å². The van der Waals surface area contributed by atoms with Crippen LogP contribution >= 0.6 is 23.1 Å². The molecule has 0 saturated carbocycles. The van der Waals surface area contributed by atoms with Crippen LogP contribution in [0.1, 0.15) is 33.7 Å². The first kappa shape index (κ1) is 26.5. The summed E-state index contributed by atoms with van der Waals surface area (Å²) in [7, 11) is 0. The summed E-state index contributed by atoms with van der Waals surface area (Å²) in [5.74, 6) is 0.421. The first-order valence-corrected chi connectivity index (χ1v) is 14.2. The monoisotopic (exact) mass is 553 g/mol. The molecule has 0 fully saturated rings. The summed E-state index contributed by atoms with van der Waals surface area (Å²) in [4.78, 5) is 31.8. The molecule has 0 bridgehead atoms. The maximum Gasteiger partial charge on any atom is 0.255 e. The molecule has 0 aliphatic carbocycles. The summed E-state index contributed by atoms with van der Waals surface area (Å²) in [6.07, 6.45) is 0. The lowest BCUT2D eigenvalue weighted by molar-refractivity contribution is -0.115. The lowest BCUT2D eigenvalue weighted by Crippen LogP contribution is -2.19. The van der Waals surface area contributed by atoms with Gasteiger partial charge >= 0.3 is 0 Å². The van der Waals surface area contributed by atoms with Crippen LogP contribution < -0.4 is 15.4 Å². The predicted molar refractivity (Wildman–Crippen MR) is 160 cm³/mol. The number of anilines is 2. The Morgan fingerprint density at radius 3 is 2.54 bits per heavy atom. The zero-order chi connectivity index (χ0) is 27.2. The molecule has 2 N–H and O–H groups in total. The van der Waals surface area contributed by atoms with E-state index in [-0.39, 0.29) is 11.8 Å². The van der Waals surface area contributed by atoms with Gasteiger partial charge in [-0.2, -0.15) is 0 Å². The van der Waals surface area contributed by atoms with Crippen molar-refractivity contribution >= 4 is 55.9 Å². The number of thioether (sulfide) groups is 1. The standard InChI is InChI=1S/C31H27N3O3S2/c1-3-37-24-15-16-26-27(19-24)39-31(33-26)34-30(36)28(21-10-5-4-6-11-21)38-25-14-8-13-23(18-25)32-29(35)22-12-7-9-20(2)17-22/h4-19,28H,3H2,1-2H3,(H,32,35)(H,33,34,36). The molecule has 0 radical (unpaired) electrons. The molecule has 0 saturated heterocycles. The van der Waals surface area contributed by atoms with Crippen LogP contribution in [0.3, 0.4) is 0 Å². The number of hydrogen-bond acceptors (Lipinski definition) is 6. The van der Waals surface area contributed by atoms with E-state index in [0.717, 1.165) is 32.0 Å². The van der Waals surface area contributed by atoms with E-state index in [2.05, 4.69) is 15.6 Å². The summed E-state index contributed by atoms with van der Waals surface area (Å²) >= 11 is 2.83. The molecular weight excluding hydrogens is 526 g/mol. The highest BCUT2D eigenvalue weighted by Crippen LogP contribution is 2.38. The average Bonchev–Trinajstić information content (AvgIpc) is 3.34. The molecule has 0 aliphatic rings. The number of nitrogens with one attached hydrogen (secondary N) is 2. The van der Waals surface area contributed by atoms with Crippen molar-refractivity contribution in [2.75, 3.05) is 17.2 Å². The fraction of sp³-hybridized carbons (Fsp3) is 0.129. The largest absolute Gasteiger partial charge is 0.494 e. The van der Waals surface area contributed by atoms with Crippen LogP contribution in [0.2, 0.25) is 0 Å². The molecular formula is C31H27N3O3S2. The quantitative estimate of drug-likeness (QED) is 0.183. The second-order valence-electron chi connectivity index (χ2n) is 8.83. The highest BCUT2D eigenvalue weighted by molar-refractivity contribution is 8.00. The topological polar surface area (TPSA) is 80.3 Å². The number of ether oxygens (including phenoxy) is 1. The van der Waals surface area contributed by atoms with Gasteiger partial charge in [-0.1, -0.05) is 65.4 Å². The number of benzene rings is 4. The van der Waals surface area contributed by atoms with Gasteiger partial charge in [0.2, 0.25) is 5.91 Å². The van der Waals surface area contributed by atoms with Gasteiger partial charge in [-0.15, -0.1) is 11.8 Å². The van der Waals surface area contributed by atoms with E-state index in [1.807, 2.05) is 105 Å². The molecule has 39 heavy (non-hydrogen) atoms. The number of carbonyl (C=O) groups excluding carboxylic acids is 2. The molecule has 6 nitrogen and oxygen atoms in total. The van der Waals surface area contributed by atoms with E-state index in [1.54, 1.807) is 6.07 Å². The lowest BCUT2D eigenvalue weighted by atomic mass is 10.1. The van der Waals surface area contributed by atoms with Crippen LogP contribution in [-0.2, 0) is 4.79 Å². The summed E-state index contributed by atoms with van der Waals surface area (Å²) in [5, 5.41) is 5.98. The molecule has 4 aromatic carbocycles. The van der Waals surface area contributed by atoms with Gasteiger partial charge in [-0.3, -0.25) is 9.59 Å². The molecule has 5 aromatic rings. The number of aryl methyl sites for hydroxylation is 1. The third-order valence-electron chi connectivity index (χ3n) is 5.87. The van der Waals surface area contributed by atoms with Crippen molar-refractivity contribution in [3.8, 4) is 5.75 Å². The van der Waals surface area contributed by atoms with Gasteiger partial charge in [-0.05, 0) is 67.9 Å². The van der Waals surface area contributed by atoms with Gasteiger partial charge in [0.15, 0.2) is 5.13 Å². The minimum atomic E-state index is -0.528. The van der Waals surface area contributed by atoms with Crippen molar-refractivity contribution in [3.05, 3.63) is 114 Å². The third kappa shape index (κ3) is 6.66. The van der Waals surface area contributed by atoms with Crippen LogP contribution in [0.25, 0.3) is 10.2 Å². The van der Waals surface area contributed by atoms with Crippen LogP contribution in [0.5, 0.6) is 5.75 Å². The maximum absolute atomic E-state index is 13.6. The molecule has 0 spiro atoms. The van der Waals surface area contributed by atoms with Crippen molar-refractivity contribution in [1.29, 1.82) is 0 Å². The van der Waals surface area contributed by atoms with Crippen molar-refractivity contribution in [1.82, 2.24) is 4.98 Å². The van der Waals surface area contributed by atoms with Crippen molar-refractivity contribution in [2.24, 2.45) is 0 Å². The molecule has 1 atom stereocenters. The Kier molecular flexibility index (Phi) is 8.24. The fourth-order valence-corrected chi connectivity index (χ4v) is 6.04. The van der Waals surface area contributed by atoms with Gasteiger partial charge in [0.1, 0.15) is 11.0 Å². The van der Waals surface area contributed by atoms with E-state index in [0.29, 0.717) is 23.0 Å². The van der Waals surface area contributed by atoms with E-state index >= 15 is 0 Å². The smallest absolute Gasteiger partial charge is 0.255 e. The van der Waals surface area contributed by atoms with Gasteiger partial charge in [0, 0.05) is 16.1 Å². The van der Waals surface area contributed by atoms with E-state index < -0.39 is 5.25 Å². The zero-order valence-electron chi connectivity index (χ0n) is 21.5. The van der Waals surface area contributed by atoms with Crippen molar-refractivity contribution in [3.63, 3.8) is 0 Å². The minimum Gasteiger partial charge on any atom is -0.494 e. The predicted octanol–water partition coefficient (Wildman–Crippen LogP) is 7.73. The molecule has 0 aliphatic heterocycles.